The van der Waals surface area contributed by atoms with Crippen LogP contribution in [0.5, 0.6) is 0 Å². The topological polar surface area (TPSA) is 41.0 Å². The molecule has 0 spiro atoms. The Kier molecular flexibility index (Phi) is 4.47. The summed E-state index contributed by atoms with van der Waals surface area (Å²) < 4.78 is 26.4. The smallest absolute Gasteiger partial charge is 0.248 e. The molecule has 1 saturated carbocycles. The highest BCUT2D eigenvalue weighted by molar-refractivity contribution is 5.72. The largest absolute Gasteiger partial charge is 0.345 e. The molecule has 20 heavy (non-hydrogen) atoms. The number of halogens is 2. The van der Waals surface area contributed by atoms with Crippen LogP contribution in [0.4, 0.5) is 8.78 Å². The zero-order valence-electron chi connectivity index (χ0n) is 11.6. The van der Waals surface area contributed by atoms with Crippen molar-refractivity contribution in [3.63, 3.8) is 0 Å². The fourth-order valence-electron chi connectivity index (χ4n) is 2.45. The van der Waals surface area contributed by atoms with Crippen LogP contribution in [0.25, 0.3) is 0 Å². The third kappa shape index (κ3) is 3.62. The maximum absolute atomic E-state index is 13.2. The lowest BCUT2D eigenvalue weighted by molar-refractivity contribution is 0.00755. The Morgan fingerprint density at radius 3 is 3.05 bits per heavy atom. The van der Waals surface area contributed by atoms with E-state index in [4.69, 9.17) is 0 Å². The van der Waals surface area contributed by atoms with Crippen molar-refractivity contribution in [1.82, 2.24) is 9.97 Å². The van der Waals surface area contributed by atoms with Crippen LogP contribution < -0.4 is 0 Å². The monoisotopic (exact) mass is 279 g/mol. The third-order valence-electron chi connectivity index (χ3n) is 3.53. The van der Waals surface area contributed by atoms with Crippen molar-refractivity contribution in [2.45, 2.75) is 37.5 Å². The van der Waals surface area contributed by atoms with E-state index in [9.17, 15) is 8.78 Å². The molecular weight excluding hydrogens is 260 g/mol. The summed E-state index contributed by atoms with van der Waals surface area (Å²) in [5, 5.41) is 0. The molecule has 0 bridgehead atoms. The van der Waals surface area contributed by atoms with Crippen LogP contribution in [-0.2, 0) is 6.42 Å². The minimum absolute atomic E-state index is 0.0432. The highest BCUT2D eigenvalue weighted by Crippen LogP contribution is 2.43. The van der Waals surface area contributed by atoms with Gasteiger partial charge in [0.05, 0.1) is 0 Å². The van der Waals surface area contributed by atoms with Gasteiger partial charge in [-0.15, -0.1) is 0 Å². The number of alkyl halides is 2. The summed E-state index contributed by atoms with van der Waals surface area (Å²) in [5.74, 6) is -2.03. The number of aromatic nitrogens is 2. The molecule has 108 valence electrons. The lowest BCUT2D eigenvalue weighted by atomic mass is 10.1. The number of aromatic amines is 1. The Morgan fingerprint density at radius 2 is 2.45 bits per heavy atom. The highest BCUT2D eigenvalue weighted by Gasteiger charge is 2.41. The van der Waals surface area contributed by atoms with Crippen molar-refractivity contribution in [3.05, 3.63) is 42.0 Å². The van der Waals surface area contributed by atoms with Crippen LogP contribution >= 0.6 is 0 Å². The predicted octanol–water partition coefficient (Wildman–Crippen LogP) is 3.67. The average molecular weight is 279 g/mol. The van der Waals surface area contributed by atoms with Crippen molar-refractivity contribution in [2.75, 3.05) is 7.05 Å². The van der Waals surface area contributed by atoms with Crippen LogP contribution in [0.15, 0.2) is 35.5 Å². The molecule has 1 unspecified atom stereocenters. The molecule has 0 amide bonds. The maximum Gasteiger partial charge on any atom is 0.248 e. The van der Waals surface area contributed by atoms with E-state index in [2.05, 4.69) is 21.5 Å². The summed E-state index contributed by atoms with van der Waals surface area (Å²) in [6.45, 7) is 3.75. The molecule has 1 aromatic rings. The minimum atomic E-state index is -2.54. The Balaban J connectivity index is 2.04. The van der Waals surface area contributed by atoms with Crippen LogP contribution in [0.3, 0.4) is 0 Å². The van der Waals surface area contributed by atoms with E-state index in [-0.39, 0.29) is 18.8 Å². The van der Waals surface area contributed by atoms with Gasteiger partial charge in [-0.1, -0.05) is 12.7 Å². The van der Waals surface area contributed by atoms with E-state index in [1.807, 2.05) is 6.08 Å². The molecule has 1 atom stereocenters. The Labute approximate surface area is 117 Å². The fraction of sp³-hybridized carbons (Fsp3) is 0.467. The summed E-state index contributed by atoms with van der Waals surface area (Å²) >= 11 is 0. The number of nitrogens with zero attached hydrogens (tertiary/aromatic N) is 2. The van der Waals surface area contributed by atoms with E-state index in [0.29, 0.717) is 18.7 Å². The summed E-state index contributed by atoms with van der Waals surface area (Å²) in [6, 6.07) is 0. The molecule has 0 aromatic carbocycles. The molecule has 2 rings (SSSR count). The number of hydrogen-bond donors (Lipinski definition) is 1. The van der Waals surface area contributed by atoms with Gasteiger partial charge >= 0.3 is 0 Å². The number of imidazole rings is 1. The van der Waals surface area contributed by atoms with E-state index < -0.39 is 5.92 Å². The van der Waals surface area contributed by atoms with Gasteiger partial charge in [-0.25, -0.2) is 13.8 Å². The average Bonchev–Trinajstić information content (AvgIpc) is 3.00. The van der Waals surface area contributed by atoms with Crippen molar-refractivity contribution in [3.8, 4) is 0 Å². The fourth-order valence-corrected chi connectivity index (χ4v) is 2.45. The standard InChI is InChI=1S/C15H19F2N3/c1-3-11(5-7-18-2)8-13-10-19-14(20-13)12-4-6-15(16,17)9-12/h3,5,7,10,12H,1,4,6,8-9H2,2H3,(H,19,20)/b11-5+,18-7?. The van der Waals surface area contributed by atoms with Crippen molar-refractivity contribution < 1.29 is 8.78 Å². The van der Waals surface area contributed by atoms with Gasteiger partial charge in [-0.2, -0.15) is 0 Å². The van der Waals surface area contributed by atoms with Gasteiger partial charge in [0.1, 0.15) is 5.82 Å². The second-order valence-electron chi connectivity index (χ2n) is 5.12. The Morgan fingerprint density at radius 1 is 1.65 bits per heavy atom. The van der Waals surface area contributed by atoms with Crippen molar-refractivity contribution in [2.24, 2.45) is 4.99 Å². The molecule has 1 fully saturated rings. The number of H-pyrrole nitrogens is 1. The van der Waals surface area contributed by atoms with Gasteiger partial charge in [-0.05, 0) is 18.1 Å². The van der Waals surface area contributed by atoms with E-state index in [0.717, 1.165) is 11.3 Å². The lowest BCUT2D eigenvalue weighted by Gasteiger charge is -2.07. The summed E-state index contributed by atoms with van der Waals surface area (Å²) in [5.41, 5.74) is 1.91. The molecule has 0 saturated heterocycles. The third-order valence-corrected chi connectivity index (χ3v) is 3.53. The quantitative estimate of drug-likeness (QED) is 0.648. The first-order chi connectivity index (χ1) is 9.54. The summed E-state index contributed by atoms with van der Waals surface area (Å²) in [7, 11) is 1.70. The second-order valence-corrected chi connectivity index (χ2v) is 5.12. The number of aliphatic imine (C=N–C) groups is 1. The zero-order chi connectivity index (χ0) is 14.6. The molecule has 1 N–H and O–H groups in total. The molecule has 1 aliphatic carbocycles. The molecule has 1 aromatic heterocycles. The van der Waals surface area contributed by atoms with Gasteiger partial charge in [0.25, 0.3) is 0 Å². The van der Waals surface area contributed by atoms with Gasteiger partial charge in [-0.3, -0.25) is 4.99 Å². The van der Waals surface area contributed by atoms with Gasteiger partial charge in [0, 0.05) is 50.3 Å². The van der Waals surface area contributed by atoms with Gasteiger partial charge in [0.15, 0.2) is 0 Å². The first kappa shape index (κ1) is 14.6. The molecule has 5 heteroatoms. The van der Waals surface area contributed by atoms with Crippen LogP contribution in [0.1, 0.15) is 36.7 Å². The van der Waals surface area contributed by atoms with Crippen molar-refractivity contribution in [1.29, 1.82) is 0 Å². The molecule has 0 radical (unpaired) electrons. The number of allylic oxidation sites excluding steroid dienone is 3. The number of nitrogens with one attached hydrogen (secondary N) is 1. The van der Waals surface area contributed by atoms with Crippen LogP contribution in [-0.4, -0.2) is 29.2 Å². The van der Waals surface area contributed by atoms with Gasteiger partial charge in [0.2, 0.25) is 5.92 Å². The Hall–Kier alpha value is -1.78. The second kappa shape index (κ2) is 6.11. The normalized spacial score (nSPS) is 22.6. The first-order valence-corrected chi connectivity index (χ1v) is 6.69. The van der Waals surface area contributed by atoms with E-state index >= 15 is 0 Å². The summed E-state index contributed by atoms with van der Waals surface area (Å²) in [4.78, 5) is 11.3. The van der Waals surface area contributed by atoms with E-state index in [1.165, 1.54) is 0 Å². The SMILES string of the molecule is C=C/C(=C\C=NC)Cc1cnc(C2CCC(F)(F)C2)[nH]1. The number of rotatable bonds is 5. The number of hydrogen-bond acceptors (Lipinski definition) is 2. The Bertz CT molecular complexity index is 529. The molecule has 1 heterocycles. The molecular formula is C15H19F2N3. The maximum atomic E-state index is 13.2. The zero-order valence-corrected chi connectivity index (χ0v) is 11.6. The van der Waals surface area contributed by atoms with Gasteiger partial charge < -0.3 is 4.98 Å². The summed E-state index contributed by atoms with van der Waals surface area (Å²) in [6.07, 6.45) is 8.03. The van der Waals surface area contributed by atoms with Crippen molar-refractivity contribution >= 4 is 6.21 Å². The minimum Gasteiger partial charge on any atom is -0.345 e. The van der Waals surface area contributed by atoms with Crippen LogP contribution in [0.2, 0.25) is 0 Å². The van der Waals surface area contributed by atoms with E-state index in [1.54, 1.807) is 25.5 Å². The molecule has 1 aliphatic rings. The molecule has 3 nitrogen and oxygen atoms in total. The first-order valence-electron chi connectivity index (χ1n) is 6.69. The lowest BCUT2D eigenvalue weighted by Crippen LogP contribution is -2.09. The predicted molar refractivity (Wildman–Crippen MR) is 76.5 cm³/mol. The molecule has 0 aliphatic heterocycles. The highest BCUT2D eigenvalue weighted by atomic mass is 19.3. The van der Waals surface area contributed by atoms with Crippen LogP contribution in [0, 0.1) is 0 Å².